The van der Waals surface area contributed by atoms with Crippen molar-refractivity contribution in [3.63, 3.8) is 0 Å². The quantitative estimate of drug-likeness (QED) is 0.173. The Kier molecular flexibility index (Phi) is 13.2. The maximum atomic E-state index is 13.0. The number of rotatable bonds is 18. The average Bonchev–Trinajstić information content (AvgIpc) is 3.01. The highest BCUT2D eigenvalue weighted by atomic mass is 16.5. The summed E-state index contributed by atoms with van der Waals surface area (Å²) in [7, 11) is 1.71. The predicted molar refractivity (Wildman–Crippen MR) is 169 cm³/mol. The second kappa shape index (κ2) is 17.0. The van der Waals surface area contributed by atoms with Crippen LogP contribution in [-0.2, 0) is 9.47 Å². The second-order valence-corrected chi connectivity index (χ2v) is 12.3. The maximum Gasteiger partial charge on any atom is 0.253 e. The van der Waals surface area contributed by atoms with Crippen LogP contribution in [-0.4, -0.2) is 52.5 Å². The van der Waals surface area contributed by atoms with E-state index in [0.717, 1.165) is 45.3 Å². The summed E-state index contributed by atoms with van der Waals surface area (Å²) < 4.78 is 11.7. The molecule has 3 atom stereocenters. The molecule has 228 valence electrons. The lowest BCUT2D eigenvalue weighted by molar-refractivity contribution is -0.00235. The Morgan fingerprint density at radius 2 is 1.76 bits per heavy atom. The van der Waals surface area contributed by atoms with E-state index in [2.05, 4.69) is 46.7 Å². The van der Waals surface area contributed by atoms with Crippen LogP contribution in [0, 0.1) is 11.8 Å². The standard InChI is InChI=1S/C34H53N3O4/c1-3-4-11-19-35-24-29(23-26-14-7-5-8-15-26)36-30-31(33(39)32(30)38)37-20-12-18-28(25-37)34(41-22-13-21-40-2)27-16-9-6-10-17-27/h6,9-10,16-17,26,28-29,34-36H,3-5,7-8,11-15,18-25H2,1-2H3/t28?,29?,34-/m0/s1. The van der Waals surface area contributed by atoms with Crippen molar-refractivity contribution in [1.82, 2.24) is 5.32 Å². The number of ether oxygens (including phenoxy) is 2. The summed E-state index contributed by atoms with van der Waals surface area (Å²) >= 11 is 0. The van der Waals surface area contributed by atoms with Crippen LogP contribution in [0.2, 0.25) is 0 Å². The minimum absolute atomic E-state index is 0.0508. The average molecular weight is 568 g/mol. The number of anilines is 2. The summed E-state index contributed by atoms with van der Waals surface area (Å²) in [5, 5.41) is 7.24. The zero-order valence-electron chi connectivity index (χ0n) is 25.5. The van der Waals surface area contributed by atoms with Crippen LogP contribution in [0.5, 0.6) is 0 Å². The molecule has 41 heavy (non-hydrogen) atoms. The molecule has 2 N–H and O–H groups in total. The zero-order valence-corrected chi connectivity index (χ0v) is 25.5. The number of hydrogen-bond acceptors (Lipinski definition) is 7. The Morgan fingerprint density at radius 3 is 2.51 bits per heavy atom. The Morgan fingerprint density at radius 1 is 0.951 bits per heavy atom. The Balaban J connectivity index is 1.46. The fourth-order valence-electron chi connectivity index (χ4n) is 6.84. The van der Waals surface area contributed by atoms with E-state index in [0.29, 0.717) is 37.1 Å². The molecule has 0 bridgehead atoms. The van der Waals surface area contributed by atoms with E-state index in [4.69, 9.17) is 9.47 Å². The monoisotopic (exact) mass is 567 g/mol. The third kappa shape index (κ3) is 9.13. The number of methoxy groups -OCH3 is 1. The van der Waals surface area contributed by atoms with Crippen molar-refractivity contribution in [1.29, 1.82) is 0 Å². The van der Waals surface area contributed by atoms with Gasteiger partial charge in [0.25, 0.3) is 10.9 Å². The SMILES string of the molecule is CCCCCNCC(CC1CCCCC1)Nc1c(N2CCCC([C@@H](OCCCOC)c3ccccc3)C2)c(=O)c1=O. The smallest absolute Gasteiger partial charge is 0.253 e. The van der Waals surface area contributed by atoms with Crippen LogP contribution in [0.15, 0.2) is 39.9 Å². The number of benzene rings is 1. The lowest BCUT2D eigenvalue weighted by Crippen LogP contribution is -2.49. The Hall–Kier alpha value is -2.22. The van der Waals surface area contributed by atoms with Crippen molar-refractivity contribution in [3.05, 3.63) is 56.3 Å². The van der Waals surface area contributed by atoms with Gasteiger partial charge in [-0.2, -0.15) is 0 Å². The lowest BCUT2D eigenvalue weighted by atomic mass is 9.84. The molecule has 7 nitrogen and oxygen atoms in total. The molecular formula is C34H53N3O4. The molecule has 2 aromatic rings. The molecule has 2 aromatic carbocycles. The minimum Gasteiger partial charge on any atom is -0.385 e. The van der Waals surface area contributed by atoms with Gasteiger partial charge in [-0.15, -0.1) is 0 Å². The highest BCUT2D eigenvalue weighted by Crippen LogP contribution is 2.36. The Bertz CT molecular complexity index is 1080. The van der Waals surface area contributed by atoms with Crippen molar-refractivity contribution in [2.75, 3.05) is 56.7 Å². The lowest BCUT2D eigenvalue weighted by Gasteiger charge is -2.39. The van der Waals surface area contributed by atoms with E-state index in [1.807, 2.05) is 6.07 Å². The van der Waals surface area contributed by atoms with Crippen LogP contribution in [0.3, 0.4) is 0 Å². The van der Waals surface area contributed by atoms with Gasteiger partial charge in [0, 0.05) is 51.9 Å². The van der Waals surface area contributed by atoms with Crippen LogP contribution >= 0.6 is 0 Å². The number of piperidine rings is 1. The summed E-state index contributed by atoms with van der Waals surface area (Å²) in [5.41, 5.74) is 1.63. The van der Waals surface area contributed by atoms with E-state index in [-0.39, 0.29) is 28.9 Å². The topological polar surface area (TPSA) is 79.9 Å². The molecule has 1 heterocycles. The van der Waals surface area contributed by atoms with Gasteiger partial charge in [0.15, 0.2) is 0 Å². The molecule has 7 heteroatoms. The molecule has 2 unspecified atom stereocenters. The van der Waals surface area contributed by atoms with E-state index in [1.54, 1.807) is 7.11 Å². The van der Waals surface area contributed by atoms with Gasteiger partial charge in [-0.3, -0.25) is 9.59 Å². The van der Waals surface area contributed by atoms with Crippen molar-refractivity contribution in [2.45, 2.75) is 96.1 Å². The van der Waals surface area contributed by atoms with E-state index in [9.17, 15) is 9.59 Å². The molecule has 0 spiro atoms. The summed E-state index contributed by atoms with van der Waals surface area (Å²) in [6, 6.07) is 10.6. The highest BCUT2D eigenvalue weighted by Gasteiger charge is 2.34. The first-order chi connectivity index (χ1) is 20.1. The van der Waals surface area contributed by atoms with E-state index >= 15 is 0 Å². The van der Waals surface area contributed by atoms with E-state index < -0.39 is 0 Å². The fraction of sp³-hybridized carbons (Fsp3) is 0.706. The van der Waals surface area contributed by atoms with Gasteiger partial charge in [0.1, 0.15) is 11.4 Å². The third-order valence-corrected chi connectivity index (χ3v) is 9.04. The Labute approximate surface area is 247 Å². The van der Waals surface area contributed by atoms with Gasteiger partial charge in [-0.1, -0.05) is 82.2 Å². The second-order valence-electron chi connectivity index (χ2n) is 12.3. The van der Waals surface area contributed by atoms with E-state index in [1.165, 1.54) is 56.9 Å². The number of nitrogens with zero attached hydrogens (tertiary/aromatic N) is 1. The first-order valence-electron chi connectivity index (χ1n) is 16.3. The van der Waals surface area contributed by atoms with Crippen LogP contribution in [0.4, 0.5) is 11.4 Å². The van der Waals surface area contributed by atoms with Crippen molar-refractivity contribution in [3.8, 4) is 0 Å². The molecule has 4 rings (SSSR count). The van der Waals surface area contributed by atoms with Crippen molar-refractivity contribution < 1.29 is 9.47 Å². The molecule has 1 saturated carbocycles. The van der Waals surface area contributed by atoms with Gasteiger partial charge in [-0.05, 0) is 50.1 Å². The molecular weight excluding hydrogens is 514 g/mol. The summed E-state index contributed by atoms with van der Waals surface area (Å²) in [6.07, 6.45) is 13.9. The molecule has 2 fully saturated rings. The fourth-order valence-corrected chi connectivity index (χ4v) is 6.84. The number of hydrogen-bond donors (Lipinski definition) is 2. The largest absolute Gasteiger partial charge is 0.385 e. The molecule has 1 saturated heterocycles. The number of nitrogens with one attached hydrogen (secondary N) is 2. The number of unbranched alkanes of at least 4 members (excludes halogenated alkanes) is 2. The molecule has 0 aromatic heterocycles. The summed E-state index contributed by atoms with van der Waals surface area (Å²) in [4.78, 5) is 28.1. The molecule has 0 radical (unpaired) electrons. The normalized spacial score (nSPS) is 19.9. The van der Waals surface area contributed by atoms with Gasteiger partial charge in [0.2, 0.25) is 0 Å². The first-order valence-corrected chi connectivity index (χ1v) is 16.3. The minimum atomic E-state index is -0.350. The maximum absolute atomic E-state index is 13.0. The van der Waals surface area contributed by atoms with Crippen LogP contribution < -0.4 is 26.4 Å². The van der Waals surface area contributed by atoms with Crippen molar-refractivity contribution >= 4 is 11.4 Å². The zero-order chi connectivity index (χ0) is 28.9. The molecule has 1 aliphatic carbocycles. The highest BCUT2D eigenvalue weighted by molar-refractivity contribution is 5.75. The van der Waals surface area contributed by atoms with Gasteiger partial charge in [0.05, 0.1) is 6.10 Å². The van der Waals surface area contributed by atoms with Gasteiger partial charge < -0.3 is 25.0 Å². The van der Waals surface area contributed by atoms with Gasteiger partial charge >= 0.3 is 0 Å². The van der Waals surface area contributed by atoms with Crippen LogP contribution in [0.1, 0.15) is 95.6 Å². The van der Waals surface area contributed by atoms with Crippen LogP contribution in [0.25, 0.3) is 0 Å². The molecule has 0 amide bonds. The summed E-state index contributed by atoms with van der Waals surface area (Å²) in [5.74, 6) is 0.930. The molecule has 1 aliphatic heterocycles. The third-order valence-electron chi connectivity index (χ3n) is 9.04. The first kappa shape index (κ1) is 31.7. The molecule has 2 aliphatic rings. The van der Waals surface area contributed by atoms with Gasteiger partial charge in [-0.25, -0.2) is 0 Å². The van der Waals surface area contributed by atoms with Crippen molar-refractivity contribution in [2.24, 2.45) is 11.8 Å². The summed E-state index contributed by atoms with van der Waals surface area (Å²) in [6.45, 7) is 6.86. The predicted octanol–water partition coefficient (Wildman–Crippen LogP) is 5.82.